The number of benzene rings is 2. The Kier molecular flexibility index (Phi) is 4.10. The van der Waals surface area contributed by atoms with E-state index in [1.165, 1.54) is 30.3 Å². The van der Waals surface area contributed by atoms with Gasteiger partial charge in [-0.25, -0.2) is 4.39 Å². The smallest absolute Gasteiger partial charge is 0.269 e. The number of carbonyl (C=O) groups is 1. The number of hydrogen-bond acceptors (Lipinski definition) is 3. The first-order valence-corrected chi connectivity index (χ1v) is 6.07. The summed E-state index contributed by atoms with van der Waals surface area (Å²) in [4.78, 5) is 22.0. The van der Waals surface area contributed by atoms with Crippen LogP contribution in [-0.4, -0.2) is 10.7 Å². The molecule has 0 N–H and O–H groups in total. The van der Waals surface area contributed by atoms with Crippen LogP contribution in [0.4, 0.5) is 10.1 Å². The molecule has 0 aliphatic rings. The number of rotatable bonds is 4. The van der Waals surface area contributed by atoms with Crippen molar-refractivity contribution in [3.05, 3.63) is 74.5 Å². The van der Waals surface area contributed by atoms with Crippen LogP contribution >= 0.6 is 11.6 Å². The Bertz CT molecular complexity index is 671. The standard InChI is InChI=1S/C14H9ClFNO3/c15-13-8-10(16)3-6-12(13)14(18)7-9-1-4-11(5-2-9)17(19)20/h1-6,8H,7H2. The zero-order valence-corrected chi connectivity index (χ0v) is 10.9. The fourth-order valence-electron chi connectivity index (χ4n) is 1.73. The minimum atomic E-state index is -0.512. The molecule has 6 heteroatoms. The topological polar surface area (TPSA) is 60.2 Å². The quantitative estimate of drug-likeness (QED) is 0.489. The summed E-state index contributed by atoms with van der Waals surface area (Å²) in [5.41, 5.74) is 0.813. The number of nitrogens with zero attached hydrogens (tertiary/aromatic N) is 1. The van der Waals surface area contributed by atoms with Gasteiger partial charge >= 0.3 is 0 Å². The predicted molar refractivity (Wildman–Crippen MR) is 72.5 cm³/mol. The van der Waals surface area contributed by atoms with E-state index in [9.17, 15) is 19.3 Å². The van der Waals surface area contributed by atoms with Crippen LogP contribution in [0.2, 0.25) is 5.02 Å². The van der Waals surface area contributed by atoms with Crippen molar-refractivity contribution in [2.45, 2.75) is 6.42 Å². The fraction of sp³-hybridized carbons (Fsp3) is 0.0714. The molecule has 2 aromatic carbocycles. The molecule has 0 amide bonds. The largest absolute Gasteiger partial charge is 0.294 e. The molecule has 0 aliphatic heterocycles. The average Bonchev–Trinajstić information content (AvgIpc) is 2.39. The van der Waals surface area contributed by atoms with Crippen molar-refractivity contribution < 1.29 is 14.1 Å². The van der Waals surface area contributed by atoms with Crippen LogP contribution < -0.4 is 0 Å². The highest BCUT2D eigenvalue weighted by molar-refractivity contribution is 6.34. The lowest BCUT2D eigenvalue weighted by atomic mass is 10.0. The highest BCUT2D eigenvalue weighted by Crippen LogP contribution is 2.20. The lowest BCUT2D eigenvalue weighted by Gasteiger charge is -2.04. The van der Waals surface area contributed by atoms with Gasteiger partial charge in [-0.3, -0.25) is 14.9 Å². The van der Waals surface area contributed by atoms with Crippen molar-refractivity contribution >= 4 is 23.1 Å². The van der Waals surface area contributed by atoms with E-state index >= 15 is 0 Å². The van der Waals surface area contributed by atoms with Gasteiger partial charge in [-0.05, 0) is 23.8 Å². The van der Waals surface area contributed by atoms with E-state index < -0.39 is 10.7 Å². The summed E-state index contributed by atoms with van der Waals surface area (Å²) in [5.74, 6) is -0.786. The molecule has 0 saturated heterocycles. The monoisotopic (exact) mass is 293 g/mol. The minimum Gasteiger partial charge on any atom is -0.294 e. The number of nitro benzene ring substituents is 1. The van der Waals surface area contributed by atoms with Crippen LogP contribution in [0.3, 0.4) is 0 Å². The maximum Gasteiger partial charge on any atom is 0.269 e. The Balaban J connectivity index is 2.17. The second kappa shape index (κ2) is 5.79. The predicted octanol–water partition coefficient (Wildman–Crippen LogP) is 3.81. The molecule has 2 aromatic rings. The Morgan fingerprint density at radius 1 is 1.20 bits per heavy atom. The van der Waals surface area contributed by atoms with Gasteiger partial charge in [-0.1, -0.05) is 23.7 Å². The van der Waals surface area contributed by atoms with Crippen molar-refractivity contribution in [1.82, 2.24) is 0 Å². The van der Waals surface area contributed by atoms with E-state index in [2.05, 4.69) is 0 Å². The highest BCUT2D eigenvalue weighted by Gasteiger charge is 2.13. The number of hydrogen-bond donors (Lipinski definition) is 0. The van der Waals surface area contributed by atoms with E-state index in [4.69, 9.17) is 11.6 Å². The molecule has 4 nitrogen and oxygen atoms in total. The third kappa shape index (κ3) is 3.19. The molecule has 0 aliphatic carbocycles. The first-order valence-electron chi connectivity index (χ1n) is 5.69. The van der Waals surface area contributed by atoms with Crippen LogP contribution in [0, 0.1) is 15.9 Å². The third-order valence-corrected chi connectivity index (χ3v) is 3.06. The van der Waals surface area contributed by atoms with E-state index in [1.54, 1.807) is 0 Å². The molecular formula is C14H9ClFNO3. The Hall–Kier alpha value is -2.27. The molecule has 20 heavy (non-hydrogen) atoms. The van der Waals surface area contributed by atoms with Crippen molar-refractivity contribution in [3.8, 4) is 0 Å². The van der Waals surface area contributed by atoms with Crippen LogP contribution in [0.5, 0.6) is 0 Å². The molecule has 102 valence electrons. The zero-order chi connectivity index (χ0) is 14.7. The minimum absolute atomic E-state index is 0.0407. The Labute approximate surface area is 119 Å². The van der Waals surface area contributed by atoms with Crippen molar-refractivity contribution in [2.75, 3.05) is 0 Å². The zero-order valence-electron chi connectivity index (χ0n) is 10.2. The number of non-ortho nitro benzene ring substituents is 1. The number of carbonyl (C=O) groups excluding carboxylic acids is 1. The molecule has 0 unspecified atom stereocenters. The number of nitro groups is 1. The van der Waals surface area contributed by atoms with Gasteiger partial charge in [-0.15, -0.1) is 0 Å². The summed E-state index contributed by atoms with van der Waals surface area (Å²) < 4.78 is 12.9. The first kappa shape index (κ1) is 14.1. The molecule has 2 rings (SSSR count). The van der Waals surface area contributed by atoms with Crippen LogP contribution in [0.1, 0.15) is 15.9 Å². The van der Waals surface area contributed by atoms with Gasteiger partial charge in [0.2, 0.25) is 0 Å². The fourth-order valence-corrected chi connectivity index (χ4v) is 2.00. The van der Waals surface area contributed by atoms with Gasteiger partial charge < -0.3 is 0 Å². The molecule has 0 aromatic heterocycles. The maximum absolute atomic E-state index is 12.9. The van der Waals surface area contributed by atoms with E-state index in [0.29, 0.717) is 5.56 Å². The summed E-state index contributed by atoms with van der Waals surface area (Å²) in [6, 6.07) is 9.23. The van der Waals surface area contributed by atoms with Crippen LogP contribution in [0.15, 0.2) is 42.5 Å². The lowest BCUT2D eigenvalue weighted by molar-refractivity contribution is -0.384. The van der Waals surface area contributed by atoms with Gasteiger partial charge in [0.05, 0.1) is 9.95 Å². The van der Waals surface area contributed by atoms with Gasteiger partial charge in [-0.2, -0.15) is 0 Å². The summed E-state index contributed by atoms with van der Waals surface area (Å²) in [6.45, 7) is 0. The number of ketones is 1. The summed E-state index contributed by atoms with van der Waals surface area (Å²) in [5, 5.41) is 10.6. The lowest BCUT2D eigenvalue weighted by Crippen LogP contribution is -2.04. The number of Topliss-reactive ketones (excluding diaryl/α,β-unsaturated/α-hetero) is 1. The number of halogens is 2. The first-order chi connectivity index (χ1) is 9.47. The second-order valence-electron chi connectivity index (χ2n) is 4.15. The van der Waals surface area contributed by atoms with Crippen LogP contribution in [0.25, 0.3) is 0 Å². The SMILES string of the molecule is O=C(Cc1ccc([N+](=O)[O-])cc1)c1ccc(F)cc1Cl. The summed E-state index contributed by atoms with van der Waals surface area (Å²) in [6.07, 6.45) is 0.0450. The second-order valence-corrected chi connectivity index (χ2v) is 4.55. The van der Waals surface area contributed by atoms with E-state index in [-0.39, 0.29) is 28.5 Å². The molecule has 0 atom stereocenters. The summed E-state index contributed by atoms with van der Waals surface area (Å²) in [7, 11) is 0. The van der Waals surface area contributed by atoms with Gasteiger partial charge in [0.25, 0.3) is 5.69 Å². The van der Waals surface area contributed by atoms with Gasteiger partial charge in [0.1, 0.15) is 5.82 Å². The molecule has 0 fully saturated rings. The van der Waals surface area contributed by atoms with Gasteiger partial charge in [0, 0.05) is 24.1 Å². The van der Waals surface area contributed by atoms with E-state index in [1.807, 2.05) is 0 Å². The Morgan fingerprint density at radius 3 is 2.40 bits per heavy atom. The molecular weight excluding hydrogens is 285 g/mol. The highest BCUT2D eigenvalue weighted by atomic mass is 35.5. The maximum atomic E-state index is 12.9. The molecule has 0 spiro atoms. The van der Waals surface area contributed by atoms with E-state index in [0.717, 1.165) is 12.1 Å². The average molecular weight is 294 g/mol. The molecule has 0 radical (unpaired) electrons. The van der Waals surface area contributed by atoms with Crippen LogP contribution in [-0.2, 0) is 6.42 Å². The summed E-state index contributed by atoms with van der Waals surface area (Å²) >= 11 is 5.81. The molecule has 0 heterocycles. The van der Waals surface area contributed by atoms with Crippen molar-refractivity contribution in [1.29, 1.82) is 0 Å². The van der Waals surface area contributed by atoms with Crippen molar-refractivity contribution in [3.63, 3.8) is 0 Å². The van der Waals surface area contributed by atoms with Crippen molar-refractivity contribution in [2.24, 2.45) is 0 Å². The Morgan fingerprint density at radius 2 is 1.85 bits per heavy atom. The normalized spacial score (nSPS) is 10.3. The molecule has 0 bridgehead atoms. The third-order valence-electron chi connectivity index (χ3n) is 2.74. The van der Waals surface area contributed by atoms with Gasteiger partial charge in [0.15, 0.2) is 5.78 Å². The molecule has 0 saturated carbocycles.